The summed E-state index contributed by atoms with van der Waals surface area (Å²) in [5.74, 6) is -0.533. The molecule has 0 saturated carbocycles. The maximum Gasteiger partial charge on any atom is 0.309 e. The molecular formula is C28H21Cl2N3O4. The number of ether oxygens (including phenoxy) is 1. The van der Waals surface area contributed by atoms with Gasteiger partial charge in [-0.2, -0.15) is 0 Å². The Morgan fingerprint density at radius 1 is 1.14 bits per heavy atom. The Kier molecular flexibility index (Phi) is 5.67. The summed E-state index contributed by atoms with van der Waals surface area (Å²) in [4.78, 5) is 35.4. The largest absolute Gasteiger partial charge is 0.460 e. The Hall–Kier alpha value is -3.52. The molecule has 37 heavy (non-hydrogen) atoms. The van der Waals surface area contributed by atoms with Crippen molar-refractivity contribution in [1.82, 2.24) is 9.55 Å². The molecule has 1 unspecified atom stereocenters. The molecule has 0 radical (unpaired) electrons. The Morgan fingerprint density at radius 2 is 1.89 bits per heavy atom. The van der Waals surface area contributed by atoms with Crippen LogP contribution in [0.25, 0.3) is 22.3 Å². The van der Waals surface area contributed by atoms with Gasteiger partial charge in [-0.25, -0.2) is 4.98 Å². The summed E-state index contributed by atoms with van der Waals surface area (Å²) < 4.78 is 6.89. The number of aromatic nitrogens is 2. The highest BCUT2D eigenvalue weighted by molar-refractivity contribution is 6.35. The number of benzene rings is 2. The van der Waals surface area contributed by atoms with E-state index in [0.717, 1.165) is 22.0 Å². The summed E-state index contributed by atoms with van der Waals surface area (Å²) in [5, 5.41) is 13.2. The van der Waals surface area contributed by atoms with E-state index in [-0.39, 0.29) is 31.6 Å². The molecule has 4 heterocycles. The maximum absolute atomic E-state index is 13.7. The van der Waals surface area contributed by atoms with Gasteiger partial charge >= 0.3 is 5.97 Å². The van der Waals surface area contributed by atoms with E-state index in [0.29, 0.717) is 38.2 Å². The van der Waals surface area contributed by atoms with E-state index < -0.39 is 11.6 Å². The minimum absolute atomic E-state index is 0.175. The highest BCUT2D eigenvalue weighted by atomic mass is 35.5. The molecule has 0 spiro atoms. The van der Waals surface area contributed by atoms with Crippen LogP contribution in [-0.4, -0.2) is 26.8 Å². The number of pyridine rings is 2. The average molecular weight is 534 g/mol. The fourth-order valence-electron chi connectivity index (χ4n) is 5.16. The van der Waals surface area contributed by atoms with Gasteiger partial charge in [-0.1, -0.05) is 48.3 Å². The molecule has 0 amide bonds. The Labute approximate surface area is 222 Å². The number of nitrogens with zero attached hydrogens (tertiary/aromatic N) is 3. The van der Waals surface area contributed by atoms with Crippen molar-refractivity contribution in [2.45, 2.75) is 38.5 Å². The number of aliphatic imine (C=N–C) groups is 1. The first kappa shape index (κ1) is 23.9. The van der Waals surface area contributed by atoms with E-state index in [2.05, 4.69) is 4.99 Å². The quantitative estimate of drug-likeness (QED) is 0.243. The summed E-state index contributed by atoms with van der Waals surface area (Å²) in [6.45, 7) is 1.87. The number of hydrogen-bond donors (Lipinski definition) is 1. The van der Waals surface area contributed by atoms with Crippen molar-refractivity contribution < 1.29 is 14.6 Å². The fourth-order valence-corrected chi connectivity index (χ4v) is 5.67. The van der Waals surface area contributed by atoms with Gasteiger partial charge in [-0.05, 0) is 42.3 Å². The molecule has 0 bridgehead atoms. The second kappa shape index (κ2) is 8.80. The molecule has 186 valence electrons. The Morgan fingerprint density at radius 3 is 2.65 bits per heavy atom. The number of esters is 1. The van der Waals surface area contributed by atoms with Gasteiger partial charge in [0.25, 0.3) is 5.56 Å². The fraction of sp³-hybridized carbons (Fsp3) is 0.214. The third-order valence-electron chi connectivity index (χ3n) is 7.09. The summed E-state index contributed by atoms with van der Waals surface area (Å²) >= 11 is 12.3. The van der Waals surface area contributed by atoms with Gasteiger partial charge in [0.2, 0.25) is 0 Å². The van der Waals surface area contributed by atoms with Gasteiger partial charge in [0, 0.05) is 32.8 Å². The number of carbonyl (C=O) groups excluding carboxylic acids is 1. The lowest BCUT2D eigenvalue weighted by Gasteiger charge is -2.26. The first-order chi connectivity index (χ1) is 17.8. The number of cyclic esters (lactones) is 1. The molecule has 7 nitrogen and oxygen atoms in total. The second-order valence-electron chi connectivity index (χ2n) is 9.29. The maximum atomic E-state index is 13.7. The van der Waals surface area contributed by atoms with Crippen LogP contribution in [0.5, 0.6) is 0 Å². The molecule has 2 aliphatic rings. The van der Waals surface area contributed by atoms with E-state index in [9.17, 15) is 14.7 Å². The van der Waals surface area contributed by atoms with Gasteiger partial charge in [0.1, 0.15) is 12.2 Å². The standard InChI is InChI=1S/C28H21Cl2N3O4/c1-2-28(36)11-25(34)37-14-21-22(28)10-24-26-20(13-33(24)27(21)35)19(18-5-3-4-6-23(18)32-26)12-31-17-8-15(29)7-16(30)9-17/h3-10,12,36H,2,11,13-14H2,1H3. The smallest absolute Gasteiger partial charge is 0.309 e. The summed E-state index contributed by atoms with van der Waals surface area (Å²) in [6, 6.07) is 14.6. The van der Waals surface area contributed by atoms with Crippen molar-refractivity contribution >= 4 is 52.0 Å². The van der Waals surface area contributed by atoms with Crippen LogP contribution in [0.1, 0.15) is 42.0 Å². The van der Waals surface area contributed by atoms with Gasteiger partial charge in [-0.3, -0.25) is 14.6 Å². The average Bonchev–Trinajstić information content (AvgIpc) is 3.17. The van der Waals surface area contributed by atoms with Crippen molar-refractivity contribution in [1.29, 1.82) is 0 Å². The minimum Gasteiger partial charge on any atom is -0.460 e. The van der Waals surface area contributed by atoms with Crippen LogP contribution in [0.4, 0.5) is 5.69 Å². The number of carbonyl (C=O) groups is 1. The van der Waals surface area contributed by atoms with Crippen LogP contribution < -0.4 is 5.56 Å². The van der Waals surface area contributed by atoms with E-state index in [1.54, 1.807) is 42.0 Å². The molecule has 0 aliphatic carbocycles. The van der Waals surface area contributed by atoms with E-state index in [1.165, 1.54) is 0 Å². The lowest BCUT2D eigenvalue weighted by atomic mass is 9.85. The molecule has 2 aliphatic heterocycles. The van der Waals surface area contributed by atoms with Crippen molar-refractivity contribution in [3.05, 3.63) is 91.2 Å². The summed E-state index contributed by atoms with van der Waals surface area (Å²) in [5.41, 5.74) is 3.15. The predicted octanol–water partition coefficient (Wildman–Crippen LogP) is 5.53. The highest BCUT2D eigenvalue weighted by Gasteiger charge is 2.39. The minimum atomic E-state index is -1.49. The third kappa shape index (κ3) is 3.94. The number of hydrogen-bond acceptors (Lipinski definition) is 6. The van der Waals surface area contributed by atoms with E-state index in [4.69, 9.17) is 32.9 Å². The monoisotopic (exact) mass is 533 g/mol. The van der Waals surface area contributed by atoms with Crippen LogP contribution in [0, 0.1) is 0 Å². The van der Waals surface area contributed by atoms with Crippen molar-refractivity contribution in [2.24, 2.45) is 4.99 Å². The van der Waals surface area contributed by atoms with Crippen molar-refractivity contribution in [2.75, 3.05) is 0 Å². The number of aliphatic hydroxyl groups is 1. The van der Waals surface area contributed by atoms with E-state index in [1.807, 2.05) is 24.3 Å². The number of rotatable bonds is 3. The van der Waals surface area contributed by atoms with Crippen molar-refractivity contribution in [3.8, 4) is 11.4 Å². The first-order valence-corrected chi connectivity index (χ1v) is 12.6. The lowest BCUT2D eigenvalue weighted by Crippen LogP contribution is -2.32. The SMILES string of the molecule is CCC1(O)CC(=O)OCc2c1cc1n(c2=O)Cc2c-1nc1ccccc1c2C=Nc1cc(Cl)cc(Cl)c1. The Bertz CT molecular complexity index is 1690. The molecular weight excluding hydrogens is 513 g/mol. The number of fused-ring (bicyclic) bond motifs is 5. The molecule has 4 aromatic rings. The molecule has 9 heteroatoms. The molecule has 2 aromatic carbocycles. The van der Waals surface area contributed by atoms with Crippen LogP contribution in [0.2, 0.25) is 10.0 Å². The first-order valence-electron chi connectivity index (χ1n) is 11.8. The van der Waals surface area contributed by atoms with Gasteiger partial charge in [0.15, 0.2) is 0 Å². The zero-order valence-corrected chi connectivity index (χ0v) is 21.3. The predicted molar refractivity (Wildman–Crippen MR) is 143 cm³/mol. The normalized spacial score (nSPS) is 18.4. The van der Waals surface area contributed by atoms with Crippen LogP contribution >= 0.6 is 23.2 Å². The number of para-hydroxylation sites is 1. The number of halogens is 2. The lowest BCUT2D eigenvalue weighted by molar-refractivity contribution is -0.149. The topological polar surface area (TPSA) is 93.8 Å². The highest BCUT2D eigenvalue weighted by Crippen LogP contribution is 2.40. The van der Waals surface area contributed by atoms with Crippen LogP contribution in [0.3, 0.4) is 0 Å². The van der Waals surface area contributed by atoms with Crippen molar-refractivity contribution in [3.63, 3.8) is 0 Å². The van der Waals surface area contributed by atoms with Crippen LogP contribution in [0.15, 0.2) is 58.3 Å². The van der Waals surface area contributed by atoms with Gasteiger partial charge in [-0.15, -0.1) is 0 Å². The zero-order chi connectivity index (χ0) is 25.9. The summed E-state index contributed by atoms with van der Waals surface area (Å²) in [7, 11) is 0. The zero-order valence-electron chi connectivity index (χ0n) is 19.8. The van der Waals surface area contributed by atoms with Gasteiger partial charge in [0.05, 0.1) is 41.1 Å². The third-order valence-corrected chi connectivity index (χ3v) is 7.52. The van der Waals surface area contributed by atoms with E-state index >= 15 is 0 Å². The molecule has 1 N–H and O–H groups in total. The van der Waals surface area contributed by atoms with Crippen LogP contribution in [-0.2, 0) is 28.3 Å². The molecule has 2 aromatic heterocycles. The van der Waals surface area contributed by atoms with Gasteiger partial charge < -0.3 is 14.4 Å². The molecule has 6 rings (SSSR count). The Balaban J connectivity index is 1.58. The molecule has 0 saturated heterocycles. The molecule has 1 atom stereocenters. The second-order valence-corrected chi connectivity index (χ2v) is 10.2. The summed E-state index contributed by atoms with van der Waals surface area (Å²) in [6.07, 6.45) is 1.80. The molecule has 0 fully saturated rings.